The maximum absolute atomic E-state index is 12.8. The number of thiophene rings is 1. The standard InChI is InChI=1S/C16H12Cl2N2O4S3/c17-12-8-13(20-27(23,24)15-7-6-14(18)25-15)16(19-9-12)26(21,22)10-11-4-2-1-3-5-11/h1-9,20H,10H2. The molecule has 0 atom stereocenters. The molecule has 0 aliphatic carbocycles. The van der Waals surface area contributed by atoms with Crippen molar-refractivity contribution < 1.29 is 16.8 Å². The van der Waals surface area contributed by atoms with E-state index in [1.54, 1.807) is 30.3 Å². The van der Waals surface area contributed by atoms with Crippen molar-refractivity contribution in [2.24, 2.45) is 0 Å². The normalized spacial score (nSPS) is 12.1. The Morgan fingerprint density at radius 3 is 2.33 bits per heavy atom. The van der Waals surface area contributed by atoms with E-state index >= 15 is 0 Å². The Kier molecular flexibility index (Phi) is 5.78. The van der Waals surface area contributed by atoms with Crippen molar-refractivity contribution in [3.63, 3.8) is 0 Å². The van der Waals surface area contributed by atoms with Gasteiger partial charge in [-0.2, -0.15) is 0 Å². The number of anilines is 1. The summed E-state index contributed by atoms with van der Waals surface area (Å²) in [6, 6.07) is 12.5. The van der Waals surface area contributed by atoms with Crippen LogP contribution in [0.2, 0.25) is 9.36 Å². The molecule has 3 aromatic rings. The summed E-state index contributed by atoms with van der Waals surface area (Å²) in [4.78, 5) is 3.86. The fourth-order valence-electron chi connectivity index (χ4n) is 2.25. The van der Waals surface area contributed by atoms with Gasteiger partial charge in [-0.1, -0.05) is 53.5 Å². The number of sulfonamides is 1. The van der Waals surface area contributed by atoms with Crippen molar-refractivity contribution in [3.05, 3.63) is 69.7 Å². The number of sulfone groups is 1. The number of nitrogens with zero attached hydrogens (tertiary/aromatic N) is 1. The largest absolute Gasteiger partial charge is 0.276 e. The molecule has 0 unspecified atom stereocenters. The summed E-state index contributed by atoms with van der Waals surface area (Å²) >= 11 is 12.5. The number of aromatic nitrogens is 1. The van der Waals surface area contributed by atoms with Gasteiger partial charge in [-0.3, -0.25) is 4.72 Å². The van der Waals surface area contributed by atoms with Crippen LogP contribution < -0.4 is 4.72 Å². The Bertz CT molecular complexity index is 1180. The van der Waals surface area contributed by atoms with Crippen molar-refractivity contribution in [3.8, 4) is 0 Å². The lowest BCUT2D eigenvalue weighted by Crippen LogP contribution is -2.16. The van der Waals surface area contributed by atoms with Crippen LogP contribution in [0, 0.1) is 0 Å². The number of rotatable bonds is 6. The smallest absolute Gasteiger partial charge is 0.271 e. The first-order valence-corrected chi connectivity index (χ1v) is 12.1. The molecule has 0 fully saturated rings. The monoisotopic (exact) mass is 462 g/mol. The van der Waals surface area contributed by atoms with Crippen LogP contribution >= 0.6 is 34.5 Å². The first-order chi connectivity index (χ1) is 12.7. The molecule has 2 heterocycles. The average Bonchev–Trinajstić information content (AvgIpc) is 3.02. The van der Waals surface area contributed by atoms with E-state index in [0.717, 1.165) is 17.5 Å². The van der Waals surface area contributed by atoms with Gasteiger partial charge in [-0.25, -0.2) is 21.8 Å². The van der Waals surface area contributed by atoms with Gasteiger partial charge >= 0.3 is 0 Å². The molecule has 3 rings (SSSR count). The summed E-state index contributed by atoms with van der Waals surface area (Å²) in [7, 11) is -7.97. The van der Waals surface area contributed by atoms with Gasteiger partial charge in [0.05, 0.1) is 20.8 Å². The van der Waals surface area contributed by atoms with Gasteiger partial charge in [-0.15, -0.1) is 11.3 Å². The summed E-state index contributed by atoms with van der Waals surface area (Å²) in [5.41, 5.74) is 0.330. The summed E-state index contributed by atoms with van der Waals surface area (Å²) < 4.78 is 53.2. The van der Waals surface area contributed by atoms with Crippen molar-refractivity contribution >= 4 is 60.1 Å². The van der Waals surface area contributed by atoms with E-state index in [2.05, 4.69) is 9.71 Å². The first kappa shape index (κ1) is 20.1. The molecule has 1 N–H and O–H groups in total. The molecule has 1 aromatic carbocycles. The highest BCUT2D eigenvalue weighted by Gasteiger charge is 2.26. The van der Waals surface area contributed by atoms with E-state index < -0.39 is 24.9 Å². The molecule has 0 saturated carbocycles. The molecule has 0 aliphatic rings. The second-order valence-corrected chi connectivity index (χ2v) is 11.4. The third-order valence-corrected chi connectivity index (χ3v) is 8.29. The van der Waals surface area contributed by atoms with E-state index in [1.165, 1.54) is 18.2 Å². The van der Waals surface area contributed by atoms with Crippen LogP contribution in [0.1, 0.15) is 5.56 Å². The zero-order chi connectivity index (χ0) is 19.7. The number of hydrogen-bond donors (Lipinski definition) is 1. The van der Waals surface area contributed by atoms with E-state index in [9.17, 15) is 16.8 Å². The summed E-state index contributed by atoms with van der Waals surface area (Å²) in [5, 5.41) is -0.308. The molecule has 0 amide bonds. The van der Waals surface area contributed by atoms with Gasteiger partial charge in [-0.05, 0) is 23.8 Å². The predicted molar refractivity (Wildman–Crippen MR) is 107 cm³/mol. The zero-order valence-electron chi connectivity index (χ0n) is 13.5. The molecule has 0 bridgehead atoms. The highest BCUT2D eigenvalue weighted by atomic mass is 35.5. The molecular formula is C16H12Cl2N2O4S3. The molecule has 142 valence electrons. The number of nitrogens with one attached hydrogen (secondary N) is 1. The Balaban J connectivity index is 2.01. The quantitative estimate of drug-likeness (QED) is 0.591. The number of benzene rings is 1. The molecular weight excluding hydrogens is 451 g/mol. The Morgan fingerprint density at radius 2 is 1.70 bits per heavy atom. The van der Waals surface area contributed by atoms with Crippen LogP contribution in [-0.4, -0.2) is 21.8 Å². The van der Waals surface area contributed by atoms with Gasteiger partial charge in [0.1, 0.15) is 4.21 Å². The summed E-state index contributed by atoms with van der Waals surface area (Å²) in [5.74, 6) is -0.331. The highest BCUT2D eigenvalue weighted by Crippen LogP contribution is 2.31. The van der Waals surface area contributed by atoms with Crippen molar-refractivity contribution in [2.75, 3.05) is 4.72 Å². The van der Waals surface area contributed by atoms with Crippen molar-refractivity contribution in [1.29, 1.82) is 0 Å². The first-order valence-electron chi connectivity index (χ1n) is 7.38. The molecule has 11 heteroatoms. The van der Waals surface area contributed by atoms with E-state index in [4.69, 9.17) is 23.2 Å². The molecule has 0 radical (unpaired) electrons. The number of pyridine rings is 1. The van der Waals surface area contributed by atoms with Crippen molar-refractivity contribution in [2.45, 2.75) is 15.0 Å². The van der Waals surface area contributed by atoms with Crippen LogP contribution in [0.25, 0.3) is 0 Å². The fraction of sp³-hybridized carbons (Fsp3) is 0.0625. The third kappa shape index (κ3) is 4.80. The molecule has 6 nitrogen and oxygen atoms in total. The summed E-state index contributed by atoms with van der Waals surface area (Å²) in [6.45, 7) is 0. The highest BCUT2D eigenvalue weighted by molar-refractivity contribution is 7.95. The maximum atomic E-state index is 12.8. The van der Waals surface area contributed by atoms with Gasteiger partial charge in [0.15, 0.2) is 5.03 Å². The lowest BCUT2D eigenvalue weighted by molar-refractivity contribution is 0.592. The molecule has 0 saturated heterocycles. The second-order valence-electron chi connectivity index (χ2n) is 5.41. The molecule has 0 spiro atoms. The average molecular weight is 463 g/mol. The Hall–Kier alpha value is -1.65. The van der Waals surface area contributed by atoms with Gasteiger partial charge in [0, 0.05) is 6.20 Å². The second kappa shape index (κ2) is 7.76. The Morgan fingerprint density at radius 1 is 1.00 bits per heavy atom. The number of halogens is 2. The minimum Gasteiger partial charge on any atom is -0.276 e. The summed E-state index contributed by atoms with van der Waals surface area (Å²) in [6.07, 6.45) is 1.15. The lowest BCUT2D eigenvalue weighted by atomic mass is 10.2. The minimum absolute atomic E-state index is 0.0566. The van der Waals surface area contributed by atoms with Crippen LogP contribution in [0.15, 0.2) is 64.0 Å². The van der Waals surface area contributed by atoms with Crippen LogP contribution in [0.3, 0.4) is 0 Å². The SMILES string of the molecule is O=S(=O)(Cc1ccccc1)c1ncc(Cl)cc1NS(=O)(=O)c1ccc(Cl)s1. The lowest BCUT2D eigenvalue weighted by Gasteiger charge is -2.12. The molecule has 0 aliphatic heterocycles. The van der Waals surface area contributed by atoms with Crippen LogP contribution in [0.5, 0.6) is 0 Å². The molecule has 27 heavy (non-hydrogen) atoms. The van der Waals surface area contributed by atoms with Gasteiger partial charge in [0.25, 0.3) is 10.0 Å². The van der Waals surface area contributed by atoms with E-state index in [-0.39, 0.29) is 25.0 Å². The zero-order valence-corrected chi connectivity index (χ0v) is 17.4. The third-order valence-electron chi connectivity index (χ3n) is 3.37. The molecule has 2 aromatic heterocycles. The van der Waals surface area contributed by atoms with Crippen LogP contribution in [0.4, 0.5) is 5.69 Å². The van der Waals surface area contributed by atoms with E-state index in [1.807, 2.05) is 0 Å². The maximum Gasteiger partial charge on any atom is 0.271 e. The Labute approximate surface area is 170 Å². The van der Waals surface area contributed by atoms with Crippen LogP contribution in [-0.2, 0) is 25.6 Å². The van der Waals surface area contributed by atoms with Gasteiger partial charge in [0.2, 0.25) is 9.84 Å². The van der Waals surface area contributed by atoms with Crippen molar-refractivity contribution in [1.82, 2.24) is 4.98 Å². The predicted octanol–water partition coefficient (Wildman–Crippen LogP) is 4.22. The van der Waals surface area contributed by atoms with E-state index in [0.29, 0.717) is 5.56 Å². The minimum atomic E-state index is -4.04. The van der Waals surface area contributed by atoms with Gasteiger partial charge < -0.3 is 0 Å². The topological polar surface area (TPSA) is 93.2 Å². The number of hydrogen-bond acceptors (Lipinski definition) is 6. The fourth-order valence-corrected chi connectivity index (χ4v) is 6.44.